The highest BCUT2D eigenvalue weighted by Crippen LogP contribution is 2.52. The van der Waals surface area contributed by atoms with Crippen LogP contribution in [0.1, 0.15) is 45.6 Å². The quantitative estimate of drug-likeness (QED) is 0.459. The van der Waals surface area contributed by atoms with Crippen LogP contribution >= 0.6 is 0 Å². The molecule has 0 spiro atoms. The molecule has 1 heterocycles. The number of nitrogens with zero attached hydrogens (tertiary/aromatic N) is 1. The van der Waals surface area contributed by atoms with Crippen LogP contribution in [0.15, 0.2) is 41.7 Å². The van der Waals surface area contributed by atoms with E-state index in [0.717, 1.165) is 18.4 Å². The average molecular weight is 374 g/mol. The minimum absolute atomic E-state index is 0.0449. The molecule has 1 saturated carbocycles. The third-order valence-corrected chi connectivity index (χ3v) is 10.6. The molecule has 5 heteroatoms. The number of amides is 1. The second-order valence-corrected chi connectivity index (χ2v) is 13.9. The van der Waals surface area contributed by atoms with E-state index in [9.17, 15) is 9.90 Å². The molecule has 1 saturated heterocycles. The molecule has 26 heavy (non-hydrogen) atoms. The van der Waals surface area contributed by atoms with Gasteiger partial charge in [-0.2, -0.15) is 0 Å². The van der Waals surface area contributed by atoms with Gasteiger partial charge in [0, 0.05) is 13.1 Å². The summed E-state index contributed by atoms with van der Waals surface area (Å²) in [6.45, 7) is 12.2. The van der Waals surface area contributed by atoms with Gasteiger partial charge in [-0.1, -0.05) is 51.1 Å². The van der Waals surface area contributed by atoms with Gasteiger partial charge in [-0.15, -0.1) is 0 Å². The molecular weight excluding hydrogens is 342 g/mol. The Bertz CT molecular complexity index is 715. The zero-order valence-corrected chi connectivity index (χ0v) is 17.6. The summed E-state index contributed by atoms with van der Waals surface area (Å²) in [5, 5.41) is 11.0. The van der Waals surface area contributed by atoms with Crippen molar-refractivity contribution >= 4 is 14.2 Å². The van der Waals surface area contributed by atoms with E-state index >= 15 is 0 Å². The molecule has 1 N–H and O–H groups in total. The van der Waals surface area contributed by atoms with Gasteiger partial charge in [0.05, 0.1) is 5.57 Å². The van der Waals surface area contributed by atoms with Crippen molar-refractivity contribution in [3.8, 4) is 0 Å². The van der Waals surface area contributed by atoms with E-state index in [0.29, 0.717) is 25.1 Å². The van der Waals surface area contributed by atoms with Gasteiger partial charge in [0.2, 0.25) is 0 Å². The van der Waals surface area contributed by atoms with Crippen molar-refractivity contribution in [2.45, 2.75) is 70.3 Å². The summed E-state index contributed by atoms with van der Waals surface area (Å²) < 4.78 is 6.54. The number of likely N-dealkylation sites (tertiary alicyclic amines) is 1. The summed E-state index contributed by atoms with van der Waals surface area (Å²) in [5.41, 5.74) is 1.05. The highest BCUT2D eigenvalue weighted by molar-refractivity contribution is 6.74. The van der Waals surface area contributed by atoms with Crippen molar-refractivity contribution in [3.05, 3.63) is 47.2 Å². The van der Waals surface area contributed by atoms with Gasteiger partial charge < -0.3 is 14.4 Å². The zero-order valence-electron chi connectivity index (χ0n) is 16.6. The molecule has 0 radical (unpaired) electrons. The average Bonchev–Trinajstić information content (AvgIpc) is 3.24. The molecule has 0 atom stereocenters. The van der Waals surface area contributed by atoms with Crippen LogP contribution in [0.3, 0.4) is 0 Å². The van der Waals surface area contributed by atoms with Crippen LogP contribution in [0.5, 0.6) is 0 Å². The van der Waals surface area contributed by atoms with Crippen LogP contribution in [0.4, 0.5) is 0 Å². The van der Waals surface area contributed by atoms with Crippen molar-refractivity contribution in [3.63, 3.8) is 0 Å². The van der Waals surface area contributed by atoms with Gasteiger partial charge in [-0.25, -0.2) is 0 Å². The lowest BCUT2D eigenvalue weighted by Gasteiger charge is -2.39. The Kier molecular flexibility index (Phi) is 4.82. The molecule has 2 fully saturated rings. The summed E-state index contributed by atoms with van der Waals surface area (Å²) in [6.07, 6.45) is 2.21. The molecule has 2 aliphatic rings. The monoisotopic (exact) mass is 373 g/mol. The lowest BCUT2D eigenvalue weighted by Crippen LogP contribution is -2.45. The summed E-state index contributed by atoms with van der Waals surface area (Å²) in [4.78, 5) is 14.7. The molecule has 1 aromatic rings. The Morgan fingerprint density at radius 3 is 2.38 bits per heavy atom. The first-order valence-electron chi connectivity index (χ1n) is 9.52. The molecule has 0 aromatic heterocycles. The minimum Gasteiger partial charge on any atom is -0.509 e. The van der Waals surface area contributed by atoms with Gasteiger partial charge in [0.1, 0.15) is 11.4 Å². The van der Waals surface area contributed by atoms with E-state index in [4.69, 9.17) is 4.43 Å². The largest absolute Gasteiger partial charge is 0.509 e. The lowest BCUT2D eigenvalue weighted by molar-refractivity contribution is -0.125. The second-order valence-electron chi connectivity index (χ2n) is 9.15. The van der Waals surface area contributed by atoms with Gasteiger partial charge in [-0.3, -0.25) is 4.79 Å². The van der Waals surface area contributed by atoms with E-state index in [1.807, 2.05) is 35.2 Å². The second kappa shape index (κ2) is 6.53. The number of hydrogen-bond donors (Lipinski definition) is 1. The first kappa shape index (κ1) is 19.2. The molecule has 1 aliphatic carbocycles. The van der Waals surface area contributed by atoms with E-state index < -0.39 is 13.9 Å². The smallest absolute Gasteiger partial charge is 0.253 e. The Hall–Kier alpha value is -1.59. The molecule has 4 nitrogen and oxygen atoms in total. The predicted octanol–water partition coefficient (Wildman–Crippen LogP) is 4.79. The highest BCUT2D eigenvalue weighted by atomic mass is 28.4. The predicted molar refractivity (Wildman–Crippen MR) is 106 cm³/mol. The van der Waals surface area contributed by atoms with Crippen LogP contribution < -0.4 is 0 Å². The molecule has 3 rings (SSSR count). The zero-order chi connectivity index (χ0) is 19.2. The van der Waals surface area contributed by atoms with E-state index in [1.165, 1.54) is 0 Å². The summed E-state index contributed by atoms with van der Waals surface area (Å²) in [7, 11) is -2.01. The van der Waals surface area contributed by atoms with Crippen LogP contribution in [0, 0.1) is 0 Å². The molecule has 142 valence electrons. The Balaban J connectivity index is 1.77. The standard InChI is InChI=1S/C21H31NO3Si/c1-20(2,3)26(4,5)25-21(12-13-21)18(23)17-11-14-22(19(17)24)15-16-9-7-6-8-10-16/h6-10,23H,11-15H2,1-5H3/b18-17+. The normalized spacial score (nSPS) is 21.9. The van der Waals surface area contributed by atoms with Gasteiger partial charge in [0.25, 0.3) is 5.91 Å². The molecule has 0 bridgehead atoms. The molecule has 1 aromatic carbocycles. The maximum Gasteiger partial charge on any atom is 0.253 e. The molecule has 0 unspecified atom stereocenters. The summed E-state index contributed by atoms with van der Waals surface area (Å²) in [6, 6.07) is 9.99. The third-order valence-electron chi connectivity index (χ3n) is 6.07. The van der Waals surface area contributed by atoms with Crippen molar-refractivity contribution in [2.75, 3.05) is 6.54 Å². The maximum atomic E-state index is 12.9. The van der Waals surface area contributed by atoms with E-state index in [-0.39, 0.29) is 16.7 Å². The number of aliphatic hydroxyl groups is 1. The fourth-order valence-electron chi connectivity index (χ4n) is 3.24. The van der Waals surface area contributed by atoms with Crippen LogP contribution in [0.2, 0.25) is 18.1 Å². The van der Waals surface area contributed by atoms with Gasteiger partial charge >= 0.3 is 0 Å². The third kappa shape index (κ3) is 3.60. The van der Waals surface area contributed by atoms with E-state index in [2.05, 4.69) is 33.9 Å². The first-order chi connectivity index (χ1) is 12.1. The summed E-state index contributed by atoms with van der Waals surface area (Å²) in [5.74, 6) is 0.152. The topological polar surface area (TPSA) is 49.8 Å². The fourth-order valence-corrected chi connectivity index (χ4v) is 4.82. The minimum atomic E-state index is -2.01. The van der Waals surface area contributed by atoms with Crippen LogP contribution in [0.25, 0.3) is 0 Å². The van der Waals surface area contributed by atoms with Crippen LogP contribution in [-0.2, 0) is 15.8 Å². The van der Waals surface area contributed by atoms with E-state index in [1.54, 1.807) is 0 Å². The van der Waals surface area contributed by atoms with Crippen molar-refractivity contribution in [2.24, 2.45) is 0 Å². The number of carbonyl (C=O) groups is 1. The van der Waals surface area contributed by atoms with Crippen molar-refractivity contribution in [1.29, 1.82) is 0 Å². The number of rotatable bonds is 5. The summed E-state index contributed by atoms with van der Waals surface area (Å²) >= 11 is 0. The lowest BCUT2D eigenvalue weighted by atomic mass is 10.1. The number of hydrogen-bond acceptors (Lipinski definition) is 3. The molecular formula is C21H31NO3Si. The van der Waals surface area contributed by atoms with Gasteiger partial charge in [-0.05, 0) is 43.0 Å². The maximum absolute atomic E-state index is 12.9. The fraction of sp³-hybridized carbons (Fsp3) is 0.571. The Morgan fingerprint density at radius 1 is 1.23 bits per heavy atom. The molecule has 1 amide bonds. The Morgan fingerprint density at radius 2 is 1.85 bits per heavy atom. The SMILES string of the molecule is CC(C)(C)[Si](C)(C)OC1(/C(O)=C2/CCN(Cc3ccccc3)C2=O)CC1. The number of aliphatic hydroxyl groups excluding tert-OH is 1. The Labute approximate surface area is 158 Å². The van der Waals surface area contributed by atoms with Crippen molar-refractivity contribution in [1.82, 2.24) is 4.90 Å². The molecule has 1 aliphatic heterocycles. The number of benzene rings is 1. The first-order valence-corrected chi connectivity index (χ1v) is 12.4. The van der Waals surface area contributed by atoms with Gasteiger partial charge in [0.15, 0.2) is 8.32 Å². The van der Waals surface area contributed by atoms with Crippen molar-refractivity contribution < 1.29 is 14.3 Å². The van der Waals surface area contributed by atoms with Crippen LogP contribution in [-0.4, -0.2) is 36.4 Å². The number of carbonyl (C=O) groups excluding carboxylic acids is 1. The highest BCUT2D eigenvalue weighted by Gasteiger charge is 2.56.